The number of para-hydroxylation sites is 1. The number of nitrogens with one attached hydrogen (secondary N) is 1. The molecule has 2 fully saturated rings. The first-order valence-electron chi connectivity index (χ1n) is 12.8. The average Bonchev–Trinajstić information content (AvgIpc) is 3.78. The zero-order chi connectivity index (χ0) is 26.1. The molecule has 0 bridgehead atoms. The van der Waals surface area contributed by atoms with Gasteiger partial charge in [0.25, 0.3) is 5.56 Å². The minimum Gasteiger partial charge on any atom is -0.487 e. The quantitative estimate of drug-likeness (QED) is 0.427. The van der Waals surface area contributed by atoms with Crippen LogP contribution >= 0.6 is 0 Å². The summed E-state index contributed by atoms with van der Waals surface area (Å²) in [6.45, 7) is 3.13. The summed E-state index contributed by atoms with van der Waals surface area (Å²) in [4.78, 5) is 38.0. The van der Waals surface area contributed by atoms with E-state index in [-0.39, 0.29) is 23.3 Å². The van der Waals surface area contributed by atoms with Gasteiger partial charge >= 0.3 is 0 Å². The van der Waals surface area contributed by atoms with Gasteiger partial charge in [-0.25, -0.2) is 4.98 Å². The van der Waals surface area contributed by atoms with Crippen molar-refractivity contribution in [2.45, 2.75) is 18.9 Å². The van der Waals surface area contributed by atoms with Crippen LogP contribution in [0.4, 0.5) is 5.69 Å². The molecule has 38 heavy (non-hydrogen) atoms. The van der Waals surface area contributed by atoms with Crippen molar-refractivity contribution in [1.29, 1.82) is 5.26 Å². The molecule has 1 N–H and O–H groups in total. The molecule has 4 aromatic rings. The van der Waals surface area contributed by atoms with Gasteiger partial charge in [-0.05, 0) is 48.4 Å². The van der Waals surface area contributed by atoms with Crippen molar-refractivity contribution >= 4 is 22.5 Å². The topological polar surface area (TPSA) is 102 Å². The van der Waals surface area contributed by atoms with Crippen molar-refractivity contribution in [3.8, 4) is 11.8 Å². The van der Waals surface area contributed by atoms with Gasteiger partial charge in [0.1, 0.15) is 23.7 Å². The van der Waals surface area contributed by atoms with Gasteiger partial charge in [-0.2, -0.15) is 5.26 Å². The molecule has 1 aliphatic carbocycles. The number of aromatic amines is 1. The van der Waals surface area contributed by atoms with Gasteiger partial charge in [0, 0.05) is 43.7 Å². The third kappa shape index (κ3) is 4.71. The Bertz CT molecular complexity index is 1570. The molecule has 1 amide bonds. The largest absolute Gasteiger partial charge is 0.487 e. The molecule has 1 saturated carbocycles. The number of benzene rings is 3. The van der Waals surface area contributed by atoms with Crippen LogP contribution in [-0.2, 0) is 11.4 Å². The van der Waals surface area contributed by atoms with Crippen LogP contribution in [0.5, 0.6) is 5.75 Å². The number of piperazine rings is 1. The highest BCUT2D eigenvalue weighted by Gasteiger charge is 2.48. The maximum Gasteiger partial charge on any atom is 0.258 e. The maximum absolute atomic E-state index is 13.3. The van der Waals surface area contributed by atoms with Gasteiger partial charge in [-0.1, -0.05) is 36.4 Å². The van der Waals surface area contributed by atoms with E-state index in [0.717, 1.165) is 24.3 Å². The van der Waals surface area contributed by atoms with E-state index in [4.69, 9.17) is 15.0 Å². The Hall–Kier alpha value is -4.64. The fourth-order valence-electron chi connectivity index (χ4n) is 5.12. The molecule has 8 nitrogen and oxygen atoms in total. The number of hydrogen-bond acceptors (Lipinski definition) is 6. The highest BCUT2D eigenvalue weighted by Crippen LogP contribution is 2.47. The van der Waals surface area contributed by atoms with Crippen molar-refractivity contribution in [2.24, 2.45) is 5.92 Å². The molecule has 0 spiro atoms. The van der Waals surface area contributed by atoms with E-state index in [1.165, 1.54) is 0 Å². The molecule has 190 valence electrons. The molecule has 2 aliphatic rings. The predicted octanol–water partition coefficient (Wildman–Crippen LogP) is 3.83. The SMILES string of the molecule is N#Cc1ccc(N2CCN(C(=O)C3CC3c3nc4c(OCc5ccccc5)cccc4c(=O)[nH]3)CC2)cc1. The molecule has 6 rings (SSSR count). The summed E-state index contributed by atoms with van der Waals surface area (Å²) in [5, 5.41) is 9.48. The summed E-state index contributed by atoms with van der Waals surface area (Å²) in [5.41, 5.74) is 3.03. The van der Waals surface area contributed by atoms with Gasteiger partial charge in [0.2, 0.25) is 5.91 Å². The Morgan fingerprint density at radius 2 is 1.76 bits per heavy atom. The summed E-state index contributed by atoms with van der Waals surface area (Å²) in [7, 11) is 0. The molecule has 2 atom stereocenters. The second-order valence-electron chi connectivity index (χ2n) is 9.80. The average molecular weight is 506 g/mol. The zero-order valence-electron chi connectivity index (χ0n) is 20.8. The first-order valence-corrected chi connectivity index (χ1v) is 12.8. The van der Waals surface area contributed by atoms with Crippen molar-refractivity contribution in [3.63, 3.8) is 0 Å². The normalized spacial score (nSPS) is 18.7. The van der Waals surface area contributed by atoms with Gasteiger partial charge in [-0.3, -0.25) is 9.59 Å². The molecule has 8 heteroatoms. The minimum atomic E-state index is -0.218. The monoisotopic (exact) mass is 505 g/mol. The Morgan fingerprint density at radius 1 is 1.00 bits per heavy atom. The summed E-state index contributed by atoms with van der Waals surface area (Å²) < 4.78 is 6.03. The number of carbonyl (C=O) groups excluding carboxylic acids is 1. The van der Waals surface area contributed by atoms with Crippen molar-refractivity contribution in [1.82, 2.24) is 14.9 Å². The first kappa shape index (κ1) is 23.7. The Kier molecular flexibility index (Phi) is 6.26. The van der Waals surface area contributed by atoms with E-state index in [2.05, 4.69) is 16.0 Å². The van der Waals surface area contributed by atoms with Crippen LogP contribution in [0.15, 0.2) is 77.6 Å². The highest BCUT2D eigenvalue weighted by atomic mass is 16.5. The third-order valence-electron chi connectivity index (χ3n) is 7.37. The van der Waals surface area contributed by atoms with E-state index < -0.39 is 0 Å². The Morgan fingerprint density at radius 3 is 2.50 bits per heavy atom. The molecule has 0 radical (unpaired) electrons. The lowest BCUT2D eigenvalue weighted by molar-refractivity contribution is -0.133. The number of ether oxygens (including phenoxy) is 1. The van der Waals surface area contributed by atoms with Crippen LogP contribution in [0.3, 0.4) is 0 Å². The van der Waals surface area contributed by atoms with Crippen LogP contribution in [0, 0.1) is 17.2 Å². The summed E-state index contributed by atoms with van der Waals surface area (Å²) >= 11 is 0. The smallest absolute Gasteiger partial charge is 0.258 e. The lowest BCUT2D eigenvalue weighted by Crippen LogP contribution is -2.49. The number of aromatic nitrogens is 2. The highest BCUT2D eigenvalue weighted by molar-refractivity contribution is 5.85. The van der Waals surface area contributed by atoms with E-state index in [9.17, 15) is 9.59 Å². The van der Waals surface area contributed by atoms with Gasteiger partial charge in [0.05, 0.1) is 17.0 Å². The molecule has 1 saturated heterocycles. The molecular weight excluding hydrogens is 478 g/mol. The van der Waals surface area contributed by atoms with Gasteiger partial charge in [-0.15, -0.1) is 0 Å². The van der Waals surface area contributed by atoms with Crippen LogP contribution in [0.25, 0.3) is 10.9 Å². The van der Waals surface area contributed by atoms with Crippen molar-refractivity contribution in [2.75, 3.05) is 31.1 Å². The standard InChI is InChI=1S/C30H27N5O3/c31-18-20-9-11-22(12-10-20)34-13-15-35(16-14-34)30(37)25-17-24(25)28-32-27-23(29(36)33-28)7-4-8-26(27)38-19-21-5-2-1-3-6-21/h1-12,24-25H,13-17,19H2,(H,32,33,36). The molecule has 1 aromatic heterocycles. The molecule has 1 aliphatic heterocycles. The Labute approximate surface area is 220 Å². The van der Waals surface area contributed by atoms with E-state index in [0.29, 0.717) is 54.2 Å². The number of amides is 1. The molecule has 2 heterocycles. The second-order valence-corrected chi connectivity index (χ2v) is 9.80. The lowest BCUT2D eigenvalue weighted by Gasteiger charge is -2.36. The van der Waals surface area contributed by atoms with Gasteiger partial charge < -0.3 is 19.5 Å². The second kappa shape index (κ2) is 10.0. The first-order chi connectivity index (χ1) is 18.6. The van der Waals surface area contributed by atoms with E-state index in [1.54, 1.807) is 12.1 Å². The van der Waals surface area contributed by atoms with Crippen LogP contribution < -0.4 is 15.2 Å². The van der Waals surface area contributed by atoms with Crippen LogP contribution in [0.2, 0.25) is 0 Å². The maximum atomic E-state index is 13.3. The number of hydrogen-bond donors (Lipinski definition) is 1. The number of fused-ring (bicyclic) bond motifs is 1. The fraction of sp³-hybridized carbons (Fsp3) is 0.267. The third-order valence-corrected chi connectivity index (χ3v) is 7.37. The zero-order valence-corrected chi connectivity index (χ0v) is 20.8. The summed E-state index contributed by atoms with van der Waals surface area (Å²) in [6, 6.07) is 24.9. The number of anilines is 1. The molecule has 2 unspecified atom stereocenters. The van der Waals surface area contributed by atoms with Gasteiger partial charge in [0.15, 0.2) is 0 Å². The number of carbonyl (C=O) groups is 1. The van der Waals surface area contributed by atoms with Crippen molar-refractivity contribution < 1.29 is 9.53 Å². The molecular formula is C30H27N5O3. The van der Waals surface area contributed by atoms with E-state index in [1.807, 2.05) is 65.6 Å². The summed E-state index contributed by atoms with van der Waals surface area (Å²) in [6.07, 6.45) is 0.677. The molecule has 3 aromatic carbocycles. The predicted molar refractivity (Wildman–Crippen MR) is 144 cm³/mol. The van der Waals surface area contributed by atoms with Crippen LogP contribution in [-0.4, -0.2) is 47.0 Å². The minimum absolute atomic E-state index is 0.0988. The number of nitriles is 1. The Balaban J connectivity index is 1.13. The van der Waals surface area contributed by atoms with Crippen LogP contribution in [0.1, 0.15) is 29.3 Å². The number of nitrogens with zero attached hydrogens (tertiary/aromatic N) is 4. The number of rotatable bonds is 6. The lowest BCUT2D eigenvalue weighted by atomic mass is 10.1. The van der Waals surface area contributed by atoms with Crippen molar-refractivity contribution in [3.05, 3.63) is 100 Å². The summed E-state index contributed by atoms with van der Waals surface area (Å²) in [5.74, 6) is 0.951. The fourth-order valence-corrected chi connectivity index (χ4v) is 5.12. The van der Waals surface area contributed by atoms with E-state index >= 15 is 0 Å². The number of H-pyrrole nitrogens is 1.